The Balaban J connectivity index is 1.98. The lowest BCUT2D eigenvalue weighted by Crippen LogP contribution is -2.20. The Morgan fingerprint density at radius 1 is 1.00 bits per heavy atom. The van der Waals surface area contributed by atoms with Crippen LogP contribution in [0.15, 0.2) is 52.3 Å². The van der Waals surface area contributed by atoms with Gasteiger partial charge in [-0.05, 0) is 55.9 Å². The molecule has 0 aliphatic rings. The lowest BCUT2D eigenvalue weighted by atomic mass is 10.2. The van der Waals surface area contributed by atoms with Crippen LogP contribution in [0.1, 0.15) is 12.5 Å². The van der Waals surface area contributed by atoms with E-state index in [1.165, 1.54) is 31.8 Å². The largest absolute Gasteiger partial charge is 0.326 e. The molecule has 27 heavy (non-hydrogen) atoms. The van der Waals surface area contributed by atoms with Gasteiger partial charge in [0.2, 0.25) is 21.8 Å². The number of nitrogens with one attached hydrogen (secondary N) is 3. The SMILES string of the molecule is CNS(=O)(=O)c1cc(NC(=O)CSc2ccc(NC(C)=O)cc2)ccc1C. The van der Waals surface area contributed by atoms with Gasteiger partial charge in [-0.2, -0.15) is 0 Å². The molecular weight excluding hydrogens is 386 g/mol. The van der Waals surface area contributed by atoms with E-state index < -0.39 is 10.0 Å². The summed E-state index contributed by atoms with van der Waals surface area (Å²) in [6, 6.07) is 11.9. The Bertz CT molecular complexity index is 942. The van der Waals surface area contributed by atoms with Crippen LogP contribution in [-0.2, 0) is 19.6 Å². The Morgan fingerprint density at radius 2 is 1.63 bits per heavy atom. The maximum atomic E-state index is 12.2. The smallest absolute Gasteiger partial charge is 0.240 e. The number of amides is 2. The monoisotopic (exact) mass is 407 g/mol. The number of rotatable bonds is 7. The average Bonchev–Trinajstić information content (AvgIpc) is 2.62. The molecule has 3 N–H and O–H groups in total. The third kappa shape index (κ3) is 6.09. The van der Waals surface area contributed by atoms with E-state index in [0.717, 1.165) is 4.90 Å². The van der Waals surface area contributed by atoms with Gasteiger partial charge in [0.1, 0.15) is 0 Å². The molecule has 9 heteroatoms. The molecule has 144 valence electrons. The molecule has 0 unspecified atom stereocenters. The summed E-state index contributed by atoms with van der Waals surface area (Å²) in [7, 11) is -2.25. The van der Waals surface area contributed by atoms with Gasteiger partial charge in [-0.3, -0.25) is 9.59 Å². The standard InChI is InChI=1S/C18H21N3O4S2/c1-12-4-5-15(10-17(12)27(24,25)19-3)21-18(23)11-26-16-8-6-14(7-9-16)20-13(2)22/h4-10,19H,11H2,1-3H3,(H,20,22)(H,21,23). The number of sulfonamides is 1. The molecule has 7 nitrogen and oxygen atoms in total. The number of hydrogen-bond acceptors (Lipinski definition) is 5. The number of anilines is 2. The highest BCUT2D eigenvalue weighted by Gasteiger charge is 2.15. The van der Waals surface area contributed by atoms with Crippen LogP contribution < -0.4 is 15.4 Å². The molecule has 0 saturated carbocycles. The van der Waals surface area contributed by atoms with Crippen LogP contribution in [0.25, 0.3) is 0 Å². The summed E-state index contributed by atoms with van der Waals surface area (Å²) in [5.41, 5.74) is 1.70. The first kappa shape index (κ1) is 20.9. The minimum Gasteiger partial charge on any atom is -0.326 e. The third-order valence-electron chi connectivity index (χ3n) is 3.57. The van der Waals surface area contributed by atoms with Crippen molar-refractivity contribution in [3.63, 3.8) is 0 Å². The molecule has 0 aliphatic heterocycles. The highest BCUT2D eigenvalue weighted by Crippen LogP contribution is 2.22. The Hall–Kier alpha value is -2.36. The van der Waals surface area contributed by atoms with Gasteiger partial charge in [0, 0.05) is 23.2 Å². The number of thioether (sulfide) groups is 1. The average molecular weight is 408 g/mol. The predicted octanol–water partition coefficient (Wildman–Crippen LogP) is 2.59. The number of hydrogen-bond donors (Lipinski definition) is 3. The summed E-state index contributed by atoms with van der Waals surface area (Å²) in [5, 5.41) is 5.38. The van der Waals surface area contributed by atoms with E-state index in [1.54, 1.807) is 31.2 Å². The molecule has 2 rings (SSSR count). The summed E-state index contributed by atoms with van der Waals surface area (Å²) in [4.78, 5) is 24.2. The van der Waals surface area contributed by atoms with Gasteiger partial charge in [-0.25, -0.2) is 13.1 Å². The molecule has 0 heterocycles. The van der Waals surface area contributed by atoms with Gasteiger partial charge < -0.3 is 10.6 Å². The van der Waals surface area contributed by atoms with Crippen molar-refractivity contribution < 1.29 is 18.0 Å². The fourth-order valence-corrected chi connectivity index (χ4v) is 3.95. The minimum atomic E-state index is -3.59. The zero-order valence-corrected chi connectivity index (χ0v) is 16.8. The zero-order chi connectivity index (χ0) is 20.0. The van der Waals surface area contributed by atoms with Gasteiger partial charge in [0.25, 0.3) is 0 Å². The van der Waals surface area contributed by atoms with Crippen molar-refractivity contribution in [3.05, 3.63) is 48.0 Å². The van der Waals surface area contributed by atoms with E-state index in [0.29, 0.717) is 16.9 Å². The van der Waals surface area contributed by atoms with Crippen LogP contribution in [0.5, 0.6) is 0 Å². The summed E-state index contributed by atoms with van der Waals surface area (Å²) < 4.78 is 26.3. The molecule has 0 aliphatic carbocycles. The van der Waals surface area contributed by atoms with Crippen molar-refractivity contribution in [3.8, 4) is 0 Å². The first-order valence-electron chi connectivity index (χ1n) is 8.06. The number of carbonyl (C=O) groups is 2. The Morgan fingerprint density at radius 3 is 2.22 bits per heavy atom. The van der Waals surface area contributed by atoms with E-state index in [1.807, 2.05) is 12.1 Å². The highest BCUT2D eigenvalue weighted by molar-refractivity contribution is 8.00. The quantitative estimate of drug-likeness (QED) is 0.612. The molecular formula is C18H21N3O4S2. The van der Waals surface area contributed by atoms with E-state index in [2.05, 4.69) is 15.4 Å². The van der Waals surface area contributed by atoms with Crippen molar-refractivity contribution >= 4 is 45.0 Å². The first-order valence-corrected chi connectivity index (χ1v) is 10.5. The summed E-state index contributed by atoms with van der Waals surface area (Å²) in [6.07, 6.45) is 0. The summed E-state index contributed by atoms with van der Waals surface area (Å²) in [6.45, 7) is 3.13. The van der Waals surface area contributed by atoms with Crippen molar-refractivity contribution in [1.29, 1.82) is 0 Å². The molecule has 0 atom stereocenters. The van der Waals surface area contributed by atoms with Crippen LogP contribution in [0, 0.1) is 6.92 Å². The topological polar surface area (TPSA) is 104 Å². The lowest BCUT2D eigenvalue weighted by molar-refractivity contribution is -0.114. The molecule has 2 aromatic carbocycles. The molecule has 2 aromatic rings. The van der Waals surface area contributed by atoms with Crippen LogP contribution in [0.3, 0.4) is 0 Å². The van der Waals surface area contributed by atoms with E-state index in [4.69, 9.17) is 0 Å². The zero-order valence-electron chi connectivity index (χ0n) is 15.2. The van der Waals surface area contributed by atoms with Gasteiger partial charge in [-0.1, -0.05) is 6.07 Å². The molecule has 2 amide bonds. The van der Waals surface area contributed by atoms with Crippen LogP contribution in [0.2, 0.25) is 0 Å². The van der Waals surface area contributed by atoms with E-state index >= 15 is 0 Å². The van der Waals surface area contributed by atoms with Crippen LogP contribution >= 0.6 is 11.8 Å². The van der Waals surface area contributed by atoms with Gasteiger partial charge in [-0.15, -0.1) is 11.8 Å². The Labute approximate surface area is 163 Å². The van der Waals surface area contributed by atoms with Gasteiger partial charge in [0.15, 0.2) is 0 Å². The molecule has 0 radical (unpaired) electrons. The number of benzene rings is 2. The van der Waals surface area contributed by atoms with Crippen molar-refractivity contribution in [1.82, 2.24) is 4.72 Å². The number of aryl methyl sites for hydroxylation is 1. The highest BCUT2D eigenvalue weighted by atomic mass is 32.2. The fraction of sp³-hybridized carbons (Fsp3) is 0.222. The lowest BCUT2D eigenvalue weighted by Gasteiger charge is -2.10. The normalized spacial score (nSPS) is 11.1. The molecule has 0 aromatic heterocycles. The minimum absolute atomic E-state index is 0.129. The predicted molar refractivity (Wildman–Crippen MR) is 108 cm³/mol. The van der Waals surface area contributed by atoms with Crippen molar-refractivity contribution in [2.75, 3.05) is 23.4 Å². The van der Waals surface area contributed by atoms with Crippen molar-refractivity contribution in [2.24, 2.45) is 0 Å². The van der Waals surface area contributed by atoms with Gasteiger partial charge in [0.05, 0.1) is 10.6 Å². The second kappa shape index (κ2) is 9.03. The van der Waals surface area contributed by atoms with E-state index in [-0.39, 0.29) is 22.5 Å². The van der Waals surface area contributed by atoms with E-state index in [9.17, 15) is 18.0 Å². The fourth-order valence-electron chi connectivity index (χ4n) is 2.26. The third-order valence-corrected chi connectivity index (χ3v) is 6.14. The molecule has 0 bridgehead atoms. The molecule has 0 fully saturated rings. The van der Waals surface area contributed by atoms with Gasteiger partial charge >= 0.3 is 0 Å². The van der Waals surface area contributed by atoms with Crippen molar-refractivity contribution in [2.45, 2.75) is 23.6 Å². The molecule has 0 saturated heterocycles. The second-order valence-corrected chi connectivity index (χ2v) is 8.63. The van der Waals surface area contributed by atoms with Crippen LogP contribution in [-0.4, -0.2) is 33.0 Å². The van der Waals surface area contributed by atoms with Crippen LogP contribution in [0.4, 0.5) is 11.4 Å². The second-order valence-electron chi connectivity index (χ2n) is 5.73. The summed E-state index contributed by atoms with van der Waals surface area (Å²) in [5.74, 6) is -0.225. The summed E-state index contributed by atoms with van der Waals surface area (Å²) >= 11 is 1.34. The Kier molecular flexibility index (Phi) is 7.00. The number of carbonyl (C=O) groups excluding carboxylic acids is 2. The maximum absolute atomic E-state index is 12.2. The molecule has 0 spiro atoms. The first-order chi connectivity index (χ1) is 12.7. The maximum Gasteiger partial charge on any atom is 0.240 e.